The lowest BCUT2D eigenvalue weighted by molar-refractivity contribution is 0.0218. The van der Waals surface area contributed by atoms with Crippen LogP contribution in [0.25, 0.3) is 44.1 Å². The van der Waals surface area contributed by atoms with Crippen LogP contribution in [0.2, 0.25) is 0 Å². The summed E-state index contributed by atoms with van der Waals surface area (Å²) in [6.07, 6.45) is 7.45. The van der Waals surface area contributed by atoms with Crippen LogP contribution in [-0.4, -0.2) is 61.6 Å². The number of nitriles is 1. The number of aromatic nitrogens is 4. The number of fused-ring (bicyclic) bond motifs is 3. The number of H-pyrrole nitrogens is 2. The molecule has 7 rings (SSSR count). The highest BCUT2D eigenvalue weighted by Crippen LogP contribution is 2.37. The zero-order valence-corrected chi connectivity index (χ0v) is 25.6. The molecule has 0 saturated carbocycles. The number of benzene rings is 3. The molecule has 9 heteroatoms. The second-order valence-electron chi connectivity index (χ2n) is 13.1. The van der Waals surface area contributed by atoms with Gasteiger partial charge in [0.1, 0.15) is 17.2 Å². The van der Waals surface area contributed by atoms with Crippen molar-refractivity contribution in [1.29, 1.82) is 5.26 Å². The molecule has 2 saturated heterocycles. The third-order valence-electron chi connectivity index (χ3n) is 8.92. The fourth-order valence-electron chi connectivity index (χ4n) is 6.74. The molecular weight excluding hydrogens is 550 g/mol. The first kappa shape index (κ1) is 28.1. The fraction of sp³-hybridized carbons (Fsp3) is 0.371. The molecule has 224 valence electrons. The van der Waals surface area contributed by atoms with Crippen LogP contribution in [-0.2, 0) is 4.74 Å². The SMILES string of the molecule is CN1CCC[C@H]1c1ncc(-c2ccc3c(c2)c(C#N)cc2cc(-c4cnc([C@@H]5CCCN5C(=O)OC(C)(C)C)[nH]4)ccc23)[nH]1. The van der Waals surface area contributed by atoms with E-state index in [-0.39, 0.29) is 12.1 Å². The molecule has 1 amide bonds. The van der Waals surface area contributed by atoms with E-state index in [1.54, 1.807) is 4.90 Å². The summed E-state index contributed by atoms with van der Waals surface area (Å²) in [5.41, 5.74) is 3.90. The Kier molecular flexibility index (Phi) is 6.90. The summed E-state index contributed by atoms with van der Waals surface area (Å²) in [6.45, 7) is 7.38. The van der Waals surface area contributed by atoms with Gasteiger partial charge in [0.25, 0.3) is 0 Å². The second-order valence-corrected chi connectivity index (χ2v) is 13.1. The minimum Gasteiger partial charge on any atom is -0.444 e. The molecule has 44 heavy (non-hydrogen) atoms. The number of ether oxygens (including phenoxy) is 1. The molecule has 3 aromatic carbocycles. The third-order valence-corrected chi connectivity index (χ3v) is 8.92. The summed E-state index contributed by atoms with van der Waals surface area (Å²) >= 11 is 0. The van der Waals surface area contributed by atoms with Gasteiger partial charge < -0.3 is 14.7 Å². The molecule has 0 unspecified atom stereocenters. The first-order chi connectivity index (χ1) is 21.2. The summed E-state index contributed by atoms with van der Waals surface area (Å²) in [5.74, 6) is 1.76. The van der Waals surface area contributed by atoms with Gasteiger partial charge in [0.15, 0.2) is 0 Å². The maximum Gasteiger partial charge on any atom is 0.410 e. The van der Waals surface area contributed by atoms with E-state index < -0.39 is 5.60 Å². The highest BCUT2D eigenvalue weighted by atomic mass is 16.6. The molecule has 2 aliphatic heterocycles. The molecule has 4 heterocycles. The van der Waals surface area contributed by atoms with Gasteiger partial charge in [0.05, 0.1) is 47.5 Å². The number of imidazole rings is 2. The summed E-state index contributed by atoms with van der Waals surface area (Å²) in [4.78, 5) is 33.3. The Hall–Kier alpha value is -4.68. The van der Waals surface area contributed by atoms with E-state index in [1.165, 1.54) is 6.42 Å². The average Bonchev–Trinajstić information content (AvgIpc) is 3.81. The Morgan fingerprint density at radius 3 is 2.18 bits per heavy atom. The topological polar surface area (TPSA) is 114 Å². The second kappa shape index (κ2) is 10.8. The van der Waals surface area contributed by atoms with E-state index in [2.05, 4.69) is 69.4 Å². The quantitative estimate of drug-likeness (QED) is 0.211. The van der Waals surface area contributed by atoms with Gasteiger partial charge in [-0.2, -0.15) is 5.26 Å². The van der Waals surface area contributed by atoms with E-state index in [1.807, 2.05) is 39.2 Å². The zero-order valence-electron chi connectivity index (χ0n) is 25.6. The van der Waals surface area contributed by atoms with Gasteiger partial charge in [-0.15, -0.1) is 0 Å². The first-order valence-corrected chi connectivity index (χ1v) is 15.4. The number of carbonyl (C=O) groups is 1. The number of amides is 1. The highest BCUT2D eigenvalue weighted by Gasteiger charge is 2.35. The molecule has 0 radical (unpaired) electrons. The zero-order chi connectivity index (χ0) is 30.6. The van der Waals surface area contributed by atoms with E-state index in [4.69, 9.17) is 9.72 Å². The summed E-state index contributed by atoms with van der Waals surface area (Å²) in [6, 6.07) is 17.2. The van der Waals surface area contributed by atoms with Crippen molar-refractivity contribution in [2.75, 3.05) is 20.1 Å². The summed E-state index contributed by atoms with van der Waals surface area (Å²) in [7, 11) is 2.15. The lowest BCUT2D eigenvalue weighted by atomic mass is 9.94. The molecule has 2 aromatic heterocycles. The molecule has 0 bridgehead atoms. The predicted molar refractivity (Wildman–Crippen MR) is 171 cm³/mol. The number of rotatable bonds is 4. The van der Waals surface area contributed by atoms with E-state index >= 15 is 0 Å². The van der Waals surface area contributed by atoms with Crippen molar-refractivity contribution in [1.82, 2.24) is 29.7 Å². The van der Waals surface area contributed by atoms with Crippen LogP contribution in [0.1, 0.15) is 75.8 Å². The summed E-state index contributed by atoms with van der Waals surface area (Å²) < 4.78 is 5.64. The molecule has 2 atom stereocenters. The molecule has 2 fully saturated rings. The maximum absolute atomic E-state index is 12.8. The van der Waals surface area contributed by atoms with E-state index in [9.17, 15) is 10.1 Å². The Balaban J connectivity index is 1.19. The lowest BCUT2D eigenvalue weighted by Crippen LogP contribution is -2.36. The van der Waals surface area contributed by atoms with Crippen molar-refractivity contribution >= 4 is 27.6 Å². The average molecular weight is 588 g/mol. The van der Waals surface area contributed by atoms with Crippen molar-refractivity contribution in [3.63, 3.8) is 0 Å². The van der Waals surface area contributed by atoms with Crippen LogP contribution in [0.4, 0.5) is 4.79 Å². The Bertz CT molecular complexity index is 1930. The minimum atomic E-state index is -0.549. The number of hydrogen-bond donors (Lipinski definition) is 2. The minimum absolute atomic E-state index is 0.146. The Morgan fingerprint density at radius 2 is 1.52 bits per heavy atom. The molecule has 0 aliphatic carbocycles. The van der Waals surface area contributed by atoms with Gasteiger partial charge in [-0.05, 0) is 94.4 Å². The van der Waals surface area contributed by atoms with E-state index in [0.29, 0.717) is 18.2 Å². The number of nitrogens with one attached hydrogen (secondary N) is 2. The molecular formula is C35H37N7O2. The maximum atomic E-state index is 12.8. The van der Waals surface area contributed by atoms with Gasteiger partial charge in [-0.25, -0.2) is 14.8 Å². The smallest absolute Gasteiger partial charge is 0.410 e. The van der Waals surface area contributed by atoms with Crippen LogP contribution >= 0.6 is 0 Å². The normalized spacial score (nSPS) is 19.2. The monoisotopic (exact) mass is 587 g/mol. The van der Waals surface area contributed by atoms with Gasteiger partial charge in [0.2, 0.25) is 0 Å². The number of nitrogens with zero attached hydrogens (tertiary/aromatic N) is 5. The van der Waals surface area contributed by atoms with Crippen LogP contribution in [0.5, 0.6) is 0 Å². The van der Waals surface area contributed by atoms with E-state index in [0.717, 1.165) is 81.5 Å². The molecule has 2 aliphatic rings. The molecule has 2 N–H and O–H groups in total. The van der Waals surface area contributed by atoms with Crippen molar-refractivity contribution < 1.29 is 9.53 Å². The molecule has 9 nitrogen and oxygen atoms in total. The van der Waals surface area contributed by atoms with Gasteiger partial charge in [0, 0.05) is 23.1 Å². The number of carbonyl (C=O) groups excluding carboxylic acids is 1. The van der Waals surface area contributed by atoms with Gasteiger partial charge >= 0.3 is 6.09 Å². The predicted octanol–water partition coefficient (Wildman–Crippen LogP) is 7.48. The highest BCUT2D eigenvalue weighted by molar-refractivity contribution is 6.11. The number of likely N-dealkylation sites (tertiary alicyclic amines) is 2. The van der Waals surface area contributed by atoms with Crippen molar-refractivity contribution in [3.05, 3.63) is 72.1 Å². The van der Waals surface area contributed by atoms with Crippen LogP contribution in [0, 0.1) is 11.3 Å². The van der Waals surface area contributed by atoms with Gasteiger partial charge in [-0.1, -0.05) is 24.3 Å². The standard InChI is InChI=1S/C35H37N7O2/c1-35(2,3)44-34(43)42-14-6-8-31(42)33-38-19-28(40-33)21-9-11-25-23(15-21)16-24(18-36)27-17-22(10-12-26(25)27)29-20-37-32(39-29)30-7-5-13-41(30)4/h9-12,15-17,19-20,30-31H,5-8,13-14H2,1-4H3,(H,37,39)(H,38,40)/t30-,31-/m0/s1. The van der Waals surface area contributed by atoms with Crippen molar-refractivity contribution in [3.8, 4) is 28.6 Å². The summed E-state index contributed by atoms with van der Waals surface area (Å²) in [5, 5.41) is 14.2. The first-order valence-electron chi connectivity index (χ1n) is 15.4. The fourth-order valence-corrected chi connectivity index (χ4v) is 6.74. The molecule has 5 aromatic rings. The van der Waals surface area contributed by atoms with Crippen LogP contribution in [0.15, 0.2) is 54.9 Å². The van der Waals surface area contributed by atoms with Crippen LogP contribution < -0.4 is 0 Å². The molecule has 0 spiro atoms. The Labute approximate surface area is 256 Å². The van der Waals surface area contributed by atoms with Crippen LogP contribution in [0.3, 0.4) is 0 Å². The van der Waals surface area contributed by atoms with Gasteiger partial charge in [-0.3, -0.25) is 9.80 Å². The largest absolute Gasteiger partial charge is 0.444 e. The number of aromatic amines is 2. The lowest BCUT2D eigenvalue weighted by Gasteiger charge is -2.27. The Morgan fingerprint density at radius 1 is 0.886 bits per heavy atom. The third kappa shape index (κ3) is 5.09. The number of hydrogen-bond acceptors (Lipinski definition) is 6. The van der Waals surface area contributed by atoms with Crippen molar-refractivity contribution in [2.24, 2.45) is 0 Å². The van der Waals surface area contributed by atoms with Crippen molar-refractivity contribution in [2.45, 2.75) is 64.1 Å².